The van der Waals surface area contributed by atoms with Crippen LogP contribution in [0.5, 0.6) is 0 Å². The summed E-state index contributed by atoms with van der Waals surface area (Å²) in [5, 5.41) is 16.0. The first-order chi connectivity index (χ1) is 12.3. The molecule has 0 unspecified atom stereocenters. The lowest BCUT2D eigenvalue weighted by Crippen LogP contribution is -2.15. The summed E-state index contributed by atoms with van der Waals surface area (Å²) < 4.78 is 13.3. The molecule has 0 spiro atoms. The van der Waals surface area contributed by atoms with E-state index in [2.05, 4.69) is 10.6 Å². The lowest BCUT2D eigenvalue weighted by atomic mass is 10.1. The van der Waals surface area contributed by atoms with Crippen molar-refractivity contribution in [2.24, 2.45) is 11.8 Å². The Hall–Kier alpha value is -3.29. The van der Waals surface area contributed by atoms with Gasteiger partial charge in [0.1, 0.15) is 0 Å². The Kier molecular flexibility index (Phi) is 4.66. The van der Waals surface area contributed by atoms with Crippen LogP contribution in [0.1, 0.15) is 23.7 Å². The molecule has 1 aliphatic carbocycles. The fourth-order valence-corrected chi connectivity index (χ4v) is 2.56. The van der Waals surface area contributed by atoms with Crippen molar-refractivity contribution in [1.82, 2.24) is 0 Å². The van der Waals surface area contributed by atoms with Crippen LogP contribution in [0.4, 0.5) is 21.5 Å². The van der Waals surface area contributed by atoms with E-state index in [0.717, 1.165) is 18.6 Å². The second kappa shape index (κ2) is 6.91. The van der Waals surface area contributed by atoms with E-state index in [9.17, 15) is 24.1 Å². The van der Waals surface area contributed by atoms with E-state index in [1.54, 1.807) is 12.1 Å². The molecule has 0 aliphatic heterocycles. The van der Waals surface area contributed by atoms with Crippen molar-refractivity contribution in [2.45, 2.75) is 13.3 Å². The first-order valence-electron chi connectivity index (χ1n) is 8.01. The van der Waals surface area contributed by atoms with E-state index in [1.807, 2.05) is 6.92 Å². The van der Waals surface area contributed by atoms with E-state index in [1.165, 1.54) is 18.2 Å². The highest BCUT2D eigenvalue weighted by Gasteiger charge is 2.39. The first kappa shape index (κ1) is 17.5. The number of anilines is 2. The number of nitro groups is 1. The minimum absolute atomic E-state index is 0.0340. The molecule has 0 aromatic heterocycles. The maximum Gasteiger partial charge on any atom is 0.306 e. The molecule has 2 amide bonds. The molecule has 1 fully saturated rings. The topological polar surface area (TPSA) is 101 Å². The molecule has 2 aromatic rings. The predicted octanol–water partition coefficient (Wildman–Crippen LogP) is 3.58. The molecule has 0 heterocycles. The summed E-state index contributed by atoms with van der Waals surface area (Å²) in [7, 11) is 0. The van der Waals surface area contributed by atoms with Gasteiger partial charge < -0.3 is 10.6 Å². The molecule has 2 atom stereocenters. The van der Waals surface area contributed by atoms with Gasteiger partial charge in [-0.3, -0.25) is 19.7 Å². The molecule has 0 bridgehead atoms. The Morgan fingerprint density at radius 2 is 1.73 bits per heavy atom. The molecule has 7 nitrogen and oxygen atoms in total. The Morgan fingerprint density at radius 1 is 1.12 bits per heavy atom. The van der Waals surface area contributed by atoms with Gasteiger partial charge in [0.15, 0.2) is 0 Å². The number of carbonyl (C=O) groups excluding carboxylic acids is 2. The second-order valence-electron chi connectivity index (χ2n) is 6.26. The van der Waals surface area contributed by atoms with Crippen molar-refractivity contribution < 1.29 is 18.9 Å². The van der Waals surface area contributed by atoms with E-state index < -0.39 is 22.3 Å². The third kappa shape index (κ3) is 3.85. The van der Waals surface area contributed by atoms with Crippen molar-refractivity contribution in [3.63, 3.8) is 0 Å². The number of hydrogen-bond donors (Lipinski definition) is 2. The Labute approximate surface area is 148 Å². The smallest absolute Gasteiger partial charge is 0.306 e. The molecule has 3 rings (SSSR count). The standard InChI is InChI=1S/C18H16FN3O4/c1-10-8-14(10)18(24)20-12-4-2-11(3-5-12)17(23)21-13-6-7-15(19)16(9-13)22(25)26/h2-7,9-10,14H,8H2,1H3,(H,20,24)(H,21,23)/t10-,14+/m0/s1. The van der Waals surface area contributed by atoms with Gasteiger partial charge in [0.05, 0.1) is 4.92 Å². The zero-order chi connectivity index (χ0) is 18.8. The normalized spacial score (nSPS) is 18.1. The van der Waals surface area contributed by atoms with Crippen LogP contribution in [0.25, 0.3) is 0 Å². The summed E-state index contributed by atoms with van der Waals surface area (Å²) in [6.45, 7) is 2.01. The number of carbonyl (C=O) groups is 2. The SMILES string of the molecule is C[C@H]1C[C@H]1C(=O)Nc1ccc(C(=O)Nc2ccc(F)c([N+](=O)[O-])c2)cc1. The van der Waals surface area contributed by atoms with Crippen LogP contribution in [0.2, 0.25) is 0 Å². The Bertz CT molecular complexity index is 883. The van der Waals surface area contributed by atoms with Gasteiger partial charge in [-0.1, -0.05) is 6.92 Å². The number of hydrogen-bond acceptors (Lipinski definition) is 4. The monoisotopic (exact) mass is 357 g/mol. The number of halogens is 1. The second-order valence-corrected chi connectivity index (χ2v) is 6.26. The molecule has 2 N–H and O–H groups in total. The minimum Gasteiger partial charge on any atom is -0.326 e. The molecule has 26 heavy (non-hydrogen) atoms. The largest absolute Gasteiger partial charge is 0.326 e. The highest BCUT2D eigenvalue weighted by atomic mass is 19.1. The van der Waals surface area contributed by atoms with Gasteiger partial charge in [0, 0.05) is 28.9 Å². The van der Waals surface area contributed by atoms with E-state index in [4.69, 9.17) is 0 Å². The lowest BCUT2D eigenvalue weighted by molar-refractivity contribution is -0.387. The molecule has 1 saturated carbocycles. The number of nitro benzene ring substituents is 1. The highest BCUT2D eigenvalue weighted by Crippen LogP contribution is 2.38. The van der Waals surface area contributed by atoms with Crippen molar-refractivity contribution in [2.75, 3.05) is 10.6 Å². The summed E-state index contributed by atoms with van der Waals surface area (Å²) >= 11 is 0. The lowest BCUT2D eigenvalue weighted by Gasteiger charge is -2.08. The van der Waals surface area contributed by atoms with Crippen LogP contribution < -0.4 is 10.6 Å². The summed E-state index contributed by atoms with van der Waals surface area (Å²) in [6, 6.07) is 9.38. The van der Waals surface area contributed by atoms with E-state index >= 15 is 0 Å². The number of nitrogens with one attached hydrogen (secondary N) is 2. The van der Waals surface area contributed by atoms with E-state index in [-0.39, 0.29) is 17.5 Å². The van der Waals surface area contributed by atoms with Crippen molar-refractivity contribution in [3.8, 4) is 0 Å². The van der Waals surface area contributed by atoms with Crippen LogP contribution in [-0.4, -0.2) is 16.7 Å². The van der Waals surface area contributed by atoms with Gasteiger partial charge >= 0.3 is 5.69 Å². The van der Waals surface area contributed by atoms with Crippen LogP contribution >= 0.6 is 0 Å². The number of amides is 2. The van der Waals surface area contributed by atoms with Crippen LogP contribution in [0.15, 0.2) is 42.5 Å². The van der Waals surface area contributed by atoms with Gasteiger partial charge in [-0.05, 0) is 48.7 Å². The zero-order valence-electron chi connectivity index (χ0n) is 13.9. The molecule has 0 radical (unpaired) electrons. The molecule has 2 aromatic carbocycles. The molecular formula is C18H16FN3O4. The predicted molar refractivity (Wildman–Crippen MR) is 93.4 cm³/mol. The first-order valence-corrected chi connectivity index (χ1v) is 8.01. The fraction of sp³-hybridized carbons (Fsp3) is 0.222. The quantitative estimate of drug-likeness (QED) is 0.631. The molecule has 134 valence electrons. The summed E-state index contributed by atoms with van der Waals surface area (Å²) in [6.07, 6.45) is 0.885. The third-order valence-electron chi connectivity index (χ3n) is 4.26. The van der Waals surface area contributed by atoms with Crippen molar-refractivity contribution in [3.05, 3.63) is 64.0 Å². The van der Waals surface area contributed by atoms with Gasteiger partial charge in [-0.25, -0.2) is 0 Å². The number of benzene rings is 2. The van der Waals surface area contributed by atoms with Crippen molar-refractivity contribution in [1.29, 1.82) is 0 Å². The third-order valence-corrected chi connectivity index (χ3v) is 4.26. The molecule has 8 heteroatoms. The Balaban J connectivity index is 1.65. The van der Waals surface area contributed by atoms with Crippen molar-refractivity contribution >= 4 is 28.9 Å². The summed E-state index contributed by atoms with van der Waals surface area (Å²) in [5.41, 5.74) is 0.288. The summed E-state index contributed by atoms with van der Waals surface area (Å²) in [5.74, 6) is -1.06. The molecule has 1 aliphatic rings. The molecular weight excluding hydrogens is 341 g/mol. The Morgan fingerprint density at radius 3 is 2.31 bits per heavy atom. The average molecular weight is 357 g/mol. The number of nitrogens with zero attached hydrogens (tertiary/aromatic N) is 1. The zero-order valence-corrected chi connectivity index (χ0v) is 13.9. The minimum atomic E-state index is -0.974. The fourth-order valence-electron chi connectivity index (χ4n) is 2.56. The van der Waals surface area contributed by atoms with Gasteiger partial charge in [0.2, 0.25) is 11.7 Å². The van der Waals surface area contributed by atoms with Gasteiger partial charge in [0.25, 0.3) is 5.91 Å². The van der Waals surface area contributed by atoms with Crippen LogP contribution in [0.3, 0.4) is 0 Å². The highest BCUT2D eigenvalue weighted by molar-refractivity contribution is 6.05. The number of rotatable bonds is 5. The average Bonchev–Trinajstić information content (AvgIpc) is 3.34. The summed E-state index contributed by atoms with van der Waals surface area (Å²) in [4.78, 5) is 34.0. The van der Waals surface area contributed by atoms with Gasteiger partial charge in [-0.15, -0.1) is 0 Å². The van der Waals surface area contributed by atoms with Gasteiger partial charge in [-0.2, -0.15) is 4.39 Å². The van der Waals surface area contributed by atoms with Crippen LogP contribution in [-0.2, 0) is 4.79 Å². The maximum absolute atomic E-state index is 13.3. The van der Waals surface area contributed by atoms with Crippen LogP contribution in [0, 0.1) is 27.8 Å². The maximum atomic E-state index is 13.3. The molecule has 0 saturated heterocycles. The van der Waals surface area contributed by atoms with E-state index in [0.29, 0.717) is 17.2 Å².